The summed E-state index contributed by atoms with van der Waals surface area (Å²) in [5.41, 5.74) is 3.71. The molecule has 0 fully saturated rings. The van der Waals surface area contributed by atoms with Crippen LogP contribution in [0.5, 0.6) is 23.0 Å². The van der Waals surface area contributed by atoms with Gasteiger partial charge in [-0.3, -0.25) is 9.59 Å². The van der Waals surface area contributed by atoms with Crippen LogP contribution in [0.2, 0.25) is 5.02 Å². The maximum Gasteiger partial charge on any atom is 0.253 e. The van der Waals surface area contributed by atoms with E-state index in [2.05, 4.69) is 34.3 Å². The third kappa shape index (κ3) is 15.8. The normalized spacial score (nSPS) is 10.4. The molecule has 0 saturated heterocycles. The molecule has 1 atom stereocenters. The van der Waals surface area contributed by atoms with Gasteiger partial charge in [-0.1, -0.05) is 84.7 Å². The topological polar surface area (TPSA) is 104 Å². The van der Waals surface area contributed by atoms with E-state index in [1.54, 1.807) is 32.4 Å². The lowest BCUT2D eigenvalue weighted by molar-refractivity contribution is -0.132. The zero-order valence-corrected chi connectivity index (χ0v) is 32.2. The van der Waals surface area contributed by atoms with Gasteiger partial charge in [0.25, 0.3) is 5.91 Å². The Bertz CT molecular complexity index is 1940. The van der Waals surface area contributed by atoms with Crippen molar-refractivity contribution in [2.75, 3.05) is 47.1 Å². The Morgan fingerprint density at radius 2 is 1.31 bits per heavy atom. The van der Waals surface area contributed by atoms with Gasteiger partial charge in [-0.15, -0.1) is 12.8 Å². The van der Waals surface area contributed by atoms with E-state index in [1.807, 2.05) is 79.7 Å². The molecular weight excluding hydrogens is 716 g/mol. The summed E-state index contributed by atoms with van der Waals surface area (Å²) >= 11 is 5.85. The Labute approximate surface area is 330 Å². The van der Waals surface area contributed by atoms with E-state index in [4.69, 9.17) is 48.1 Å². The summed E-state index contributed by atoms with van der Waals surface area (Å²) in [5, 5.41) is 6.49. The Hall–Kier alpha value is -6.05. The second-order valence-electron chi connectivity index (χ2n) is 11.8. The van der Waals surface area contributed by atoms with Crippen molar-refractivity contribution < 1.29 is 33.3 Å². The average molecular weight is 763 g/mol. The first-order chi connectivity index (χ1) is 26.8. The third-order valence-electron chi connectivity index (χ3n) is 7.74. The Balaban J connectivity index is 0.000000296. The van der Waals surface area contributed by atoms with Crippen LogP contribution in [0, 0.1) is 36.5 Å². The lowest BCUT2D eigenvalue weighted by Gasteiger charge is -2.17. The van der Waals surface area contributed by atoms with Gasteiger partial charge in [0, 0.05) is 30.1 Å². The maximum absolute atomic E-state index is 12.6. The molecule has 0 heterocycles. The molecule has 0 aliphatic rings. The summed E-state index contributed by atoms with van der Waals surface area (Å²) in [4.78, 5) is 24.1. The number of ether oxygens (including phenoxy) is 5. The minimum atomic E-state index is -0.744. The fourth-order valence-corrected chi connectivity index (χ4v) is 5.17. The van der Waals surface area contributed by atoms with Crippen LogP contribution in [-0.4, -0.2) is 58.9 Å². The summed E-state index contributed by atoms with van der Waals surface area (Å²) in [6.45, 7) is 3.52. The van der Waals surface area contributed by atoms with Crippen molar-refractivity contribution in [3.8, 4) is 59.5 Å². The second-order valence-corrected chi connectivity index (χ2v) is 12.2. The molecule has 0 aromatic heterocycles. The number of benzene rings is 4. The number of methoxy groups -OCH3 is 2. The molecule has 9 nitrogen and oxygen atoms in total. The lowest BCUT2D eigenvalue weighted by atomic mass is 10.1. The molecule has 2 amide bonds. The van der Waals surface area contributed by atoms with E-state index < -0.39 is 6.10 Å². The van der Waals surface area contributed by atoms with Crippen molar-refractivity contribution in [2.24, 2.45) is 0 Å². The highest BCUT2D eigenvalue weighted by atomic mass is 35.5. The van der Waals surface area contributed by atoms with Crippen molar-refractivity contribution in [3.63, 3.8) is 0 Å². The molecule has 0 radical (unpaired) electrons. The summed E-state index contributed by atoms with van der Waals surface area (Å²) in [7, 11) is 3.17. The van der Waals surface area contributed by atoms with E-state index in [0.29, 0.717) is 54.0 Å². The van der Waals surface area contributed by atoms with Crippen LogP contribution in [0.1, 0.15) is 48.1 Å². The molecule has 55 heavy (non-hydrogen) atoms. The number of terminal acetylenes is 2. The number of amides is 2. The SMILES string of the molecule is C#CCOc1ccc(CCNC(=O)C(OCC#C)c2ccccc2)cc1OC.CCCC(=O)NCCc1ccc(OCC#Cc2ccc(Cl)cc2)c(OC)c1. The first-order valence-corrected chi connectivity index (χ1v) is 18.1. The minimum Gasteiger partial charge on any atom is -0.493 e. The fraction of sp³-hybridized carbons (Fsp3) is 0.289. The van der Waals surface area contributed by atoms with Gasteiger partial charge in [-0.2, -0.15) is 0 Å². The van der Waals surface area contributed by atoms with Crippen LogP contribution >= 0.6 is 11.6 Å². The van der Waals surface area contributed by atoms with Crippen LogP contribution in [0.4, 0.5) is 0 Å². The summed E-state index contributed by atoms with van der Waals surface area (Å²) < 4.78 is 27.4. The first kappa shape index (κ1) is 43.4. The minimum absolute atomic E-state index is 0.0588. The number of carbonyl (C=O) groups excluding carboxylic acids is 2. The molecule has 0 aliphatic heterocycles. The van der Waals surface area contributed by atoms with Crippen LogP contribution in [0.3, 0.4) is 0 Å². The van der Waals surface area contributed by atoms with Gasteiger partial charge in [-0.25, -0.2) is 0 Å². The smallest absolute Gasteiger partial charge is 0.253 e. The van der Waals surface area contributed by atoms with Crippen LogP contribution in [0.25, 0.3) is 0 Å². The van der Waals surface area contributed by atoms with E-state index >= 15 is 0 Å². The molecule has 1 unspecified atom stereocenters. The molecule has 4 rings (SSSR count). The standard InChI is InChI=1S/C23H23NO4.C22H24ClNO3/c1-4-15-27-20-12-11-18(17-21(20)26-3)13-14-24-23(25)22(28-16-5-2)19-9-7-6-8-10-19;1-3-5-22(25)24-14-13-18-9-12-20(21(16-18)26-2)27-15-4-6-17-7-10-19(23)11-8-17/h1-2,6-12,17,22H,13-16H2,3H3,(H,24,25);7-12,16H,3,5,13-15H2,1-2H3,(H,24,25). The van der Waals surface area contributed by atoms with E-state index in [1.165, 1.54) is 0 Å². The number of hydrogen-bond acceptors (Lipinski definition) is 7. The van der Waals surface area contributed by atoms with Crippen LogP contribution in [0.15, 0.2) is 91.0 Å². The van der Waals surface area contributed by atoms with Gasteiger partial charge >= 0.3 is 0 Å². The monoisotopic (exact) mass is 762 g/mol. The van der Waals surface area contributed by atoms with Crippen molar-refractivity contribution in [1.82, 2.24) is 10.6 Å². The molecule has 2 N–H and O–H groups in total. The van der Waals surface area contributed by atoms with Gasteiger partial charge < -0.3 is 34.3 Å². The van der Waals surface area contributed by atoms with Gasteiger partial charge in [-0.05, 0) is 84.5 Å². The zero-order valence-electron chi connectivity index (χ0n) is 31.5. The van der Waals surface area contributed by atoms with Crippen LogP contribution in [-0.2, 0) is 27.2 Å². The van der Waals surface area contributed by atoms with Gasteiger partial charge in [0.15, 0.2) is 29.1 Å². The van der Waals surface area contributed by atoms with Crippen molar-refractivity contribution in [3.05, 3.63) is 118 Å². The van der Waals surface area contributed by atoms with E-state index in [0.717, 1.165) is 35.1 Å². The van der Waals surface area contributed by atoms with Crippen molar-refractivity contribution in [1.29, 1.82) is 0 Å². The predicted molar refractivity (Wildman–Crippen MR) is 216 cm³/mol. The molecule has 0 aliphatic carbocycles. The number of rotatable bonds is 18. The molecule has 286 valence electrons. The van der Waals surface area contributed by atoms with Crippen molar-refractivity contribution in [2.45, 2.75) is 38.7 Å². The summed E-state index contributed by atoms with van der Waals surface area (Å²) in [6.07, 6.45) is 12.5. The Morgan fingerprint density at radius 1 is 0.727 bits per heavy atom. The van der Waals surface area contributed by atoms with Gasteiger partial charge in [0.2, 0.25) is 5.91 Å². The fourth-order valence-electron chi connectivity index (χ4n) is 5.05. The van der Waals surface area contributed by atoms with Gasteiger partial charge in [0.1, 0.15) is 19.8 Å². The second kappa shape index (κ2) is 25.1. The molecular formula is C45H47ClN2O7. The molecule has 0 saturated carbocycles. The third-order valence-corrected chi connectivity index (χ3v) is 8.00. The highest BCUT2D eigenvalue weighted by molar-refractivity contribution is 6.30. The Kier molecular flexibility index (Phi) is 19.8. The van der Waals surface area contributed by atoms with Crippen molar-refractivity contribution >= 4 is 23.4 Å². The molecule has 10 heteroatoms. The number of halogens is 1. The largest absolute Gasteiger partial charge is 0.493 e. The first-order valence-electron chi connectivity index (χ1n) is 17.7. The number of hydrogen-bond donors (Lipinski definition) is 2. The number of nitrogens with one attached hydrogen (secondary N) is 2. The van der Waals surface area contributed by atoms with Crippen LogP contribution < -0.4 is 29.6 Å². The quantitative estimate of drug-likeness (QED) is 0.105. The zero-order chi connectivity index (χ0) is 39.7. The molecule has 4 aromatic carbocycles. The highest BCUT2D eigenvalue weighted by Gasteiger charge is 2.20. The maximum atomic E-state index is 12.6. The average Bonchev–Trinajstić information content (AvgIpc) is 3.20. The summed E-state index contributed by atoms with van der Waals surface area (Å²) in [6, 6.07) is 27.9. The predicted octanol–water partition coefficient (Wildman–Crippen LogP) is 6.99. The molecule has 0 spiro atoms. The highest BCUT2D eigenvalue weighted by Crippen LogP contribution is 2.29. The van der Waals surface area contributed by atoms with E-state index in [-0.39, 0.29) is 31.6 Å². The number of carbonyl (C=O) groups is 2. The molecule has 0 bridgehead atoms. The lowest BCUT2D eigenvalue weighted by Crippen LogP contribution is -2.32. The molecule has 4 aromatic rings. The van der Waals surface area contributed by atoms with Gasteiger partial charge in [0.05, 0.1) is 14.2 Å². The Morgan fingerprint density at radius 3 is 1.87 bits per heavy atom. The van der Waals surface area contributed by atoms with E-state index in [9.17, 15) is 9.59 Å². The summed E-state index contributed by atoms with van der Waals surface area (Å²) in [5.74, 6) is 13.1.